The lowest BCUT2D eigenvalue weighted by atomic mass is 10.0. The molecule has 0 aromatic carbocycles. The summed E-state index contributed by atoms with van der Waals surface area (Å²) in [6.45, 7) is 5.36. The highest BCUT2D eigenvalue weighted by Crippen LogP contribution is 2.21. The second-order valence-electron chi connectivity index (χ2n) is 5.24. The second kappa shape index (κ2) is 5.75. The lowest BCUT2D eigenvalue weighted by Gasteiger charge is -2.19. The van der Waals surface area contributed by atoms with Gasteiger partial charge in [0.2, 0.25) is 11.8 Å². The van der Waals surface area contributed by atoms with Gasteiger partial charge < -0.3 is 5.32 Å². The molecule has 2 unspecified atom stereocenters. The van der Waals surface area contributed by atoms with Gasteiger partial charge in [0.1, 0.15) is 6.04 Å². The molecule has 2 heterocycles. The maximum Gasteiger partial charge on any atom is 0.252 e. The van der Waals surface area contributed by atoms with Crippen LogP contribution in [0.4, 0.5) is 0 Å². The number of hydrogen-bond donors (Lipinski definition) is 1. The van der Waals surface area contributed by atoms with E-state index >= 15 is 0 Å². The molecule has 0 aliphatic carbocycles. The molecule has 20 heavy (non-hydrogen) atoms. The molecular weight excluding hydrogens is 276 g/mol. The molecule has 1 aromatic rings. The largest absolute Gasteiger partial charge is 0.343 e. The predicted octanol–water partition coefficient (Wildman–Crippen LogP) is 1.50. The Morgan fingerprint density at radius 2 is 2.10 bits per heavy atom. The molecule has 0 spiro atoms. The van der Waals surface area contributed by atoms with Crippen molar-refractivity contribution in [3.05, 3.63) is 22.4 Å². The van der Waals surface area contributed by atoms with Crippen LogP contribution in [0.2, 0.25) is 0 Å². The molecule has 0 bridgehead atoms. The molecule has 6 heteroatoms. The van der Waals surface area contributed by atoms with Crippen LogP contribution in [0, 0.1) is 0 Å². The Kier molecular flexibility index (Phi) is 4.23. The van der Waals surface area contributed by atoms with E-state index in [0.717, 1.165) is 5.56 Å². The van der Waals surface area contributed by atoms with Crippen molar-refractivity contribution in [1.29, 1.82) is 0 Å². The Morgan fingerprint density at radius 3 is 2.60 bits per heavy atom. The zero-order valence-electron chi connectivity index (χ0n) is 11.8. The SMILES string of the molecule is CC(C(=O)NC1CC(=O)N(C(C)C)C1=O)c1ccsc1. The fourth-order valence-electron chi connectivity index (χ4n) is 2.28. The smallest absolute Gasteiger partial charge is 0.252 e. The van der Waals surface area contributed by atoms with Crippen molar-refractivity contribution < 1.29 is 14.4 Å². The van der Waals surface area contributed by atoms with Gasteiger partial charge in [-0.2, -0.15) is 11.3 Å². The minimum Gasteiger partial charge on any atom is -0.343 e. The monoisotopic (exact) mass is 294 g/mol. The van der Waals surface area contributed by atoms with Crippen molar-refractivity contribution in [2.24, 2.45) is 0 Å². The fraction of sp³-hybridized carbons (Fsp3) is 0.500. The molecule has 3 amide bonds. The molecule has 2 rings (SSSR count). The first-order valence-electron chi connectivity index (χ1n) is 6.60. The number of carbonyl (C=O) groups is 3. The Hall–Kier alpha value is -1.69. The van der Waals surface area contributed by atoms with Crippen LogP contribution < -0.4 is 5.32 Å². The fourth-order valence-corrected chi connectivity index (χ4v) is 3.03. The first-order valence-corrected chi connectivity index (χ1v) is 7.54. The molecule has 1 aliphatic heterocycles. The third-order valence-electron chi connectivity index (χ3n) is 3.45. The average molecular weight is 294 g/mol. The van der Waals surface area contributed by atoms with Gasteiger partial charge in [-0.05, 0) is 43.2 Å². The summed E-state index contributed by atoms with van der Waals surface area (Å²) in [6.07, 6.45) is 0.0547. The van der Waals surface area contributed by atoms with Crippen LogP contribution in [0.25, 0.3) is 0 Å². The summed E-state index contributed by atoms with van der Waals surface area (Å²) in [4.78, 5) is 37.2. The van der Waals surface area contributed by atoms with Crippen molar-refractivity contribution in [1.82, 2.24) is 10.2 Å². The zero-order valence-corrected chi connectivity index (χ0v) is 12.6. The molecule has 0 saturated carbocycles. The van der Waals surface area contributed by atoms with Gasteiger partial charge in [0, 0.05) is 6.04 Å². The van der Waals surface area contributed by atoms with E-state index in [1.54, 1.807) is 20.8 Å². The number of hydrogen-bond acceptors (Lipinski definition) is 4. The summed E-state index contributed by atoms with van der Waals surface area (Å²) in [5, 5.41) is 6.50. The van der Waals surface area contributed by atoms with E-state index in [4.69, 9.17) is 0 Å². The highest BCUT2D eigenvalue weighted by atomic mass is 32.1. The van der Waals surface area contributed by atoms with Crippen LogP contribution in [0.3, 0.4) is 0 Å². The van der Waals surface area contributed by atoms with Gasteiger partial charge in [-0.25, -0.2) is 0 Å². The summed E-state index contributed by atoms with van der Waals surface area (Å²) in [7, 11) is 0. The third-order valence-corrected chi connectivity index (χ3v) is 4.15. The number of amides is 3. The molecule has 1 saturated heterocycles. The molecule has 1 aromatic heterocycles. The first-order chi connectivity index (χ1) is 9.41. The van der Waals surface area contributed by atoms with Gasteiger partial charge in [-0.15, -0.1) is 0 Å². The molecule has 0 radical (unpaired) electrons. The Balaban J connectivity index is 2.02. The summed E-state index contributed by atoms with van der Waals surface area (Å²) in [6, 6.07) is 0.987. The van der Waals surface area contributed by atoms with E-state index in [1.165, 1.54) is 16.2 Å². The van der Waals surface area contributed by atoms with E-state index in [9.17, 15) is 14.4 Å². The minimum absolute atomic E-state index is 0.0547. The van der Waals surface area contributed by atoms with E-state index in [-0.39, 0.29) is 36.1 Å². The lowest BCUT2D eigenvalue weighted by molar-refractivity contribution is -0.141. The van der Waals surface area contributed by atoms with Gasteiger partial charge in [-0.1, -0.05) is 0 Å². The maximum absolute atomic E-state index is 12.1. The normalized spacial score (nSPS) is 20.6. The molecular formula is C14H18N2O3S. The number of carbonyl (C=O) groups excluding carboxylic acids is 3. The maximum atomic E-state index is 12.1. The van der Waals surface area contributed by atoms with E-state index in [0.29, 0.717) is 0 Å². The lowest BCUT2D eigenvalue weighted by Crippen LogP contribution is -2.44. The van der Waals surface area contributed by atoms with E-state index in [2.05, 4.69) is 5.32 Å². The van der Waals surface area contributed by atoms with Crippen molar-refractivity contribution in [3.8, 4) is 0 Å². The van der Waals surface area contributed by atoms with E-state index < -0.39 is 6.04 Å². The van der Waals surface area contributed by atoms with Crippen molar-refractivity contribution in [2.75, 3.05) is 0 Å². The average Bonchev–Trinajstić information content (AvgIpc) is 2.97. The van der Waals surface area contributed by atoms with E-state index in [1.807, 2.05) is 16.8 Å². The highest BCUT2D eigenvalue weighted by Gasteiger charge is 2.41. The van der Waals surface area contributed by atoms with Gasteiger partial charge >= 0.3 is 0 Å². The number of nitrogens with zero attached hydrogens (tertiary/aromatic N) is 1. The minimum atomic E-state index is -0.724. The molecule has 1 aliphatic rings. The quantitative estimate of drug-likeness (QED) is 0.856. The highest BCUT2D eigenvalue weighted by molar-refractivity contribution is 7.08. The zero-order chi connectivity index (χ0) is 14.9. The summed E-state index contributed by atoms with van der Waals surface area (Å²) >= 11 is 1.52. The summed E-state index contributed by atoms with van der Waals surface area (Å²) in [5.74, 6) is -1.08. The van der Waals surface area contributed by atoms with Crippen molar-refractivity contribution in [2.45, 2.75) is 45.2 Å². The third kappa shape index (κ3) is 2.75. The molecule has 5 nitrogen and oxygen atoms in total. The molecule has 108 valence electrons. The number of rotatable bonds is 4. The molecule has 2 atom stereocenters. The van der Waals surface area contributed by atoms with Gasteiger partial charge in [0.25, 0.3) is 5.91 Å². The van der Waals surface area contributed by atoms with Crippen LogP contribution in [0.15, 0.2) is 16.8 Å². The van der Waals surface area contributed by atoms with Gasteiger partial charge in [-0.3, -0.25) is 19.3 Å². The Morgan fingerprint density at radius 1 is 1.40 bits per heavy atom. The number of imide groups is 1. The van der Waals surface area contributed by atoms with Crippen LogP contribution >= 0.6 is 11.3 Å². The predicted molar refractivity (Wildman–Crippen MR) is 76.3 cm³/mol. The second-order valence-corrected chi connectivity index (χ2v) is 6.02. The number of thiophene rings is 1. The van der Waals surface area contributed by atoms with Gasteiger partial charge in [0.05, 0.1) is 12.3 Å². The number of likely N-dealkylation sites (tertiary alicyclic amines) is 1. The van der Waals surface area contributed by atoms with Crippen molar-refractivity contribution >= 4 is 29.1 Å². The van der Waals surface area contributed by atoms with Crippen molar-refractivity contribution in [3.63, 3.8) is 0 Å². The van der Waals surface area contributed by atoms with Crippen LogP contribution in [0.5, 0.6) is 0 Å². The van der Waals surface area contributed by atoms with Gasteiger partial charge in [0.15, 0.2) is 0 Å². The molecule has 1 fully saturated rings. The number of nitrogens with one attached hydrogen (secondary N) is 1. The summed E-state index contributed by atoms with van der Waals surface area (Å²) < 4.78 is 0. The van der Waals surface area contributed by atoms with Crippen LogP contribution in [-0.2, 0) is 14.4 Å². The molecule has 1 N–H and O–H groups in total. The first kappa shape index (κ1) is 14.7. The Bertz CT molecular complexity index is 525. The Labute approximate surface area is 122 Å². The summed E-state index contributed by atoms with van der Waals surface area (Å²) in [5.41, 5.74) is 0.921. The topological polar surface area (TPSA) is 66.5 Å². The van der Waals surface area contributed by atoms with Crippen LogP contribution in [-0.4, -0.2) is 34.7 Å². The van der Waals surface area contributed by atoms with Crippen LogP contribution in [0.1, 0.15) is 38.7 Å². The standard InChI is InChI=1S/C14H18N2O3S/c1-8(2)16-12(17)6-11(14(16)19)15-13(18)9(3)10-4-5-20-7-10/h4-5,7-9,11H,6H2,1-3H3,(H,15,18).